The predicted molar refractivity (Wildman–Crippen MR) is 79.6 cm³/mol. The lowest BCUT2D eigenvalue weighted by Crippen LogP contribution is -2.34. The van der Waals surface area contributed by atoms with Gasteiger partial charge in [0.2, 0.25) is 0 Å². The van der Waals surface area contributed by atoms with E-state index in [1.54, 1.807) is 19.2 Å². The number of hydrogen-bond acceptors (Lipinski definition) is 4. The van der Waals surface area contributed by atoms with Gasteiger partial charge in [0.1, 0.15) is 5.82 Å². The molecule has 0 amide bonds. The molecule has 20 heavy (non-hydrogen) atoms. The Kier molecular flexibility index (Phi) is 5.11. The summed E-state index contributed by atoms with van der Waals surface area (Å²) < 4.78 is 5.14. The number of nitrogens with zero attached hydrogens (tertiary/aromatic N) is 2. The highest BCUT2D eigenvalue weighted by molar-refractivity contribution is 5.88. The van der Waals surface area contributed by atoms with Crippen LogP contribution in [0, 0.1) is 0 Å². The van der Waals surface area contributed by atoms with Crippen LogP contribution in [-0.4, -0.2) is 42.9 Å². The summed E-state index contributed by atoms with van der Waals surface area (Å²) in [5.74, 6) is -0.286. The number of ether oxygens (including phenoxy) is 1. The molecule has 0 aliphatic rings. The van der Waals surface area contributed by atoms with E-state index in [-0.39, 0.29) is 17.0 Å². The van der Waals surface area contributed by atoms with E-state index in [2.05, 4.69) is 4.98 Å². The van der Waals surface area contributed by atoms with E-state index < -0.39 is 5.97 Å². The highest BCUT2D eigenvalue weighted by atomic mass is 16.5. The Morgan fingerprint density at radius 3 is 2.50 bits per heavy atom. The first kappa shape index (κ1) is 16.4. The number of hydrogen-bond donors (Lipinski definition) is 1. The topological polar surface area (TPSA) is 62.7 Å². The van der Waals surface area contributed by atoms with Crippen LogP contribution in [0.3, 0.4) is 0 Å². The molecule has 0 radical (unpaired) electrons. The number of rotatable bonds is 5. The summed E-state index contributed by atoms with van der Waals surface area (Å²) in [5, 5.41) is 9.25. The molecule has 5 nitrogen and oxygen atoms in total. The fourth-order valence-corrected chi connectivity index (χ4v) is 1.78. The summed E-state index contributed by atoms with van der Waals surface area (Å²) >= 11 is 0. The van der Waals surface area contributed by atoms with Crippen LogP contribution in [0.1, 0.15) is 43.7 Å². The number of carboxylic acids is 1. The summed E-state index contributed by atoms with van der Waals surface area (Å²) in [5.41, 5.74) is 0.825. The SMILES string of the molecule is COCC(C)N(C)c1cc(C(=O)O)cc(C(C)(C)C)n1. The van der Waals surface area contributed by atoms with Gasteiger partial charge in [0, 0.05) is 25.3 Å². The maximum absolute atomic E-state index is 11.3. The van der Waals surface area contributed by atoms with Gasteiger partial charge in [-0.05, 0) is 19.1 Å². The van der Waals surface area contributed by atoms with Crippen molar-refractivity contribution >= 4 is 11.8 Å². The van der Waals surface area contributed by atoms with Crippen molar-refractivity contribution in [2.24, 2.45) is 0 Å². The van der Waals surface area contributed by atoms with Crippen molar-refractivity contribution in [2.45, 2.75) is 39.2 Å². The molecule has 5 heteroatoms. The molecular formula is C15H24N2O3. The Morgan fingerprint density at radius 1 is 1.45 bits per heavy atom. The largest absolute Gasteiger partial charge is 0.478 e. The van der Waals surface area contributed by atoms with Gasteiger partial charge in [-0.15, -0.1) is 0 Å². The van der Waals surface area contributed by atoms with Gasteiger partial charge >= 0.3 is 5.97 Å². The molecule has 1 aromatic heterocycles. The molecule has 1 N–H and O–H groups in total. The molecule has 0 bridgehead atoms. The second kappa shape index (κ2) is 6.22. The normalized spacial score (nSPS) is 13.1. The number of pyridine rings is 1. The van der Waals surface area contributed by atoms with Crippen molar-refractivity contribution in [3.05, 3.63) is 23.4 Å². The molecule has 0 spiro atoms. The summed E-state index contributed by atoms with van der Waals surface area (Å²) in [6.07, 6.45) is 0. The number of likely N-dealkylation sites (N-methyl/N-ethyl adjacent to an activating group) is 1. The zero-order valence-corrected chi connectivity index (χ0v) is 13.1. The fourth-order valence-electron chi connectivity index (χ4n) is 1.78. The van der Waals surface area contributed by atoms with Gasteiger partial charge < -0.3 is 14.7 Å². The lowest BCUT2D eigenvalue weighted by Gasteiger charge is -2.28. The van der Waals surface area contributed by atoms with Crippen molar-refractivity contribution < 1.29 is 14.6 Å². The number of aromatic nitrogens is 1. The zero-order chi connectivity index (χ0) is 15.5. The van der Waals surface area contributed by atoms with Crippen molar-refractivity contribution in [1.29, 1.82) is 0 Å². The van der Waals surface area contributed by atoms with Gasteiger partial charge in [-0.25, -0.2) is 9.78 Å². The first-order chi connectivity index (χ1) is 9.16. The third-order valence-electron chi connectivity index (χ3n) is 3.26. The maximum atomic E-state index is 11.3. The molecule has 0 aliphatic carbocycles. The van der Waals surface area contributed by atoms with Gasteiger partial charge in [-0.3, -0.25) is 0 Å². The van der Waals surface area contributed by atoms with Gasteiger partial charge in [0.25, 0.3) is 0 Å². The van der Waals surface area contributed by atoms with Crippen LogP contribution >= 0.6 is 0 Å². The number of aromatic carboxylic acids is 1. The molecule has 1 heterocycles. The smallest absolute Gasteiger partial charge is 0.335 e. The summed E-state index contributed by atoms with van der Waals surface area (Å²) in [4.78, 5) is 17.8. The van der Waals surface area contributed by atoms with Crippen molar-refractivity contribution in [2.75, 3.05) is 25.7 Å². The number of carbonyl (C=O) groups is 1. The molecule has 0 saturated carbocycles. The third-order valence-corrected chi connectivity index (χ3v) is 3.26. The Bertz CT molecular complexity index is 480. The lowest BCUT2D eigenvalue weighted by molar-refractivity contribution is 0.0696. The van der Waals surface area contributed by atoms with Crippen LogP contribution in [0.5, 0.6) is 0 Å². The van der Waals surface area contributed by atoms with E-state index in [1.165, 1.54) is 0 Å². The van der Waals surface area contributed by atoms with E-state index in [9.17, 15) is 9.90 Å². The first-order valence-corrected chi connectivity index (χ1v) is 6.64. The van der Waals surface area contributed by atoms with E-state index in [4.69, 9.17) is 4.74 Å². The molecular weight excluding hydrogens is 256 g/mol. The molecule has 0 saturated heterocycles. The first-order valence-electron chi connectivity index (χ1n) is 6.64. The minimum Gasteiger partial charge on any atom is -0.478 e. The van der Waals surface area contributed by atoms with Crippen LogP contribution in [0.4, 0.5) is 5.82 Å². The average Bonchev–Trinajstić information content (AvgIpc) is 2.36. The van der Waals surface area contributed by atoms with Gasteiger partial charge in [0.15, 0.2) is 0 Å². The molecule has 112 valence electrons. The minimum atomic E-state index is -0.938. The maximum Gasteiger partial charge on any atom is 0.335 e. The lowest BCUT2D eigenvalue weighted by atomic mass is 9.90. The van der Waals surface area contributed by atoms with Crippen LogP contribution in [0.2, 0.25) is 0 Å². The molecule has 1 aromatic rings. The van der Waals surface area contributed by atoms with Crippen LogP contribution in [-0.2, 0) is 10.2 Å². The Hall–Kier alpha value is -1.62. The molecule has 0 aromatic carbocycles. The van der Waals surface area contributed by atoms with Crippen molar-refractivity contribution in [3.8, 4) is 0 Å². The zero-order valence-electron chi connectivity index (χ0n) is 13.1. The van der Waals surface area contributed by atoms with E-state index in [0.717, 1.165) is 5.69 Å². The number of methoxy groups -OCH3 is 1. The molecule has 1 atom stereocenters. The van der Waals surface area contributed by atoms with Crippen LogP contribution in [0.25, 0.3) is 0 Å². The Morgan fingerprint density at radius 2 is 2.05 bits per heavy atom. The second-order valence-corrected chi connectivity index (χ2v) is 6.07. The van der Waals surface area contributed by atoms with E-state index >= 15 is 0 Å². The van der Waals surface area contributed by atoms with Gasteiger partial charge in [-0.2, -0.15) is 0 Å². The number of carboxylic acid groups (broad SMARTS) is 1. The highest BCUT2D eigenvalue weighted by Gasteiger charge is 2.21. The molecule has 0 fully saturated rings. The predicted octanol–water partition coefficient (Wildman–Crippen LogP) is 2.55. The number of anilines is 1. The minimum absolute atomic E-state index is 0.115. The molecule has 1 unspecified atom stereocenters. The standard InChI is InChI=1S/C15H24N2O3/c1-10(9-20-6)17(5)13-8-11(14(18)19)7-12(16-13)15(2,3)4/h7-8,10H,9H2,1-6H3,(H,18,19). The Labute approximate surface area is 120 Å². The third kappa shape index (κ3) is 3.93. The summed E-state index contributed by atoms with van der Waals surface area (Å²) in [7, 11) is 3.54. The van der Waals surface area contributed by atoms with Crippen molar-refractivity contribution in [1.82, 2.24) is 4.98 Å². The highest BCUT2D eigenvalue weighted by Crippen LogP contribution is 2.25. The van der Waals surface area contributed by atoms with Gasteiger partial charge in [0.05, 0.1) is 18.2 Å². The molecule has 0 aliphatic heterocycles. The summed E-state index contributed by atoms with van der Waals surface area (Å²) in [6.45, 7) is 8.62. The second-order valence-electron chi connectivity index (χ2n) is 6.07. The molecule has 1 rings (SSSR count). The van der Waals surface area contributed by atoms with E-state index in [0.29, 0.717) is 12.4 Å². The van der Waals surface area contributed by atoms with E-state index in [1.807, 2.05) is 39.6 Å². The summed E-state index contributed by atoms with van der Waals surface area (Å²) in [6, 6.07) is 3.36. The van der Waals surface area contributed by atoms with Gasteiger partial charge in [-0.1, -0.05) is 20.8 Å². The Balaban J connectivity index is 3.25. The van der Waals surface area contributed by atoms with Crippen LogP contribution < -0.4 is 4.90 Å². The monoisotopic (exact) mass is 280 g/mol. The fraction of sp³-hybridized carbons (Fsp3) is 0.600. The quantitative estimate of drug-likeness (QED) is 0.898. The average molecular weight is 280 g/mol. The van der Waals surface area contributed by atoms with Crippen LogP contribution in [0.15, 0.2) is 12.1 Å². The van der Waals surface area contributed by atoms with Crippen molar-refractivity contribution in [3.63, 3.8) is 0 Å².